The molecule has 116 valence electrons. The van der Waals surface area contributed by atoms with Gasteiger partial charge in [0.25, 0.3) is 0 Å². The Bertz CT molecular complexity index is 466. The predicted molar refractivity (Wildman–Crippen MR) is 89.3 cm³/mol. The van der Waals surface area contributed by atoms with Gasteiger partial charge in [0.1, 0.15) is 0 Å². The highest BCUT2D eigenvalue weighted by molar-refractivity contribution is 5.26. The predicted octanol–water partition coefficient (Wildman–Crippen LogP) is 4.04. The second-order valence-corrected chi connectivity index (χ2v) is 7.21. The van der Waals surface area contributed by atoms with Crippen molar-refractivity contribution in [1.82, 2.24) is 4.90 Å². The van der Waals surface area contributed by atoms with Crippen LogP contribution in [-0.4, -0.2) is 23.5 Å². The highest BCUT2D eigenvalue weighted by Crippen LogP contribution is 2.40. The lowest BCUT2D eigenvalue weighted by Gasteiger charge is -2.49. The van der Waals surface area contributed by atoms with Crippen molar-refractivity contribution in [2.75, 3.05) is 6.54 Å². The van der Waals surface area contributed by atoms with Gasteiger partial charge in [0.05, 0.1) is 0 Å². The van der Waals surface area contributed by atoms with E-state index in [1.165, 1.54) is 56.2 Å². The molecule has 1 aliphatic carbocycles. The molecule has 0 amide bonds. The van der Waals surface area contributed by atoms with E-state index in [2.05, 4.69) is 43.0 Å². The van der Waals surface area contributed by atoms with Crippen LogP contribution >= 0.6 is 0 Å². The van der Waals surface area contributed by atoms with Crippen LogP contribution in [-0.2, 0) is 0 Å². The molecule has 0 spiro atoms. The number of nitrogens with zero attached hydrogens (tertiary/aromatic N) is 1. The molecule has 0 aromatic heterocycles. The molecule has 21 heavy (non-hydrogen) atoms. The zero-order chi connectivity index (χ0) is 14.8. The normalized spacial score (nSPS) is 29.7. The van der Waals surface area contributed by atoms with E-state index in [4.69, 9.17) is 5.73 Å². The summed E-state index contributed by atoms with van der Waals surface area (Å²) in [5.74, 6) is 0.915. The zero-order valence-electron chi connectivity index (χ0n) is 13.6. The van der Waals surface area contributed by atoms with E-state index in [1.807, 2.05) is 0 Å². The Morgan fingerprint density at radius 1 is 1.14 bits per heavy atom. The summed E-state index contributed by atoms with van der Waals surface area (Å²) < 4.78 is 0. The van der Waals surface area contributed by atoms with Gasteiger partial charge in [0.2, 0.25) is 0 Å². The first-order valence-corrected chi connectivity index (χ1v) is 8.74. The Balaban J connectivity index is 1.89. The first-order valence-electron chi connectivity index (χ1n) is 8.74. The Morgan fingerprint density at radius 2 is 1.90 bits per heavy atom. The summed E-state index contributed by atoms with van der Waals surface area (Å²) in [7, 11) is 0. The van der Waals surface area contributed by atoms with Crippen LogP contribution in [0.25, 0.3) is 0 Å². The third-order valence-corrected chi connectivity index (χ3v) is 5.53. The fraction of sp³-hybridized carbons (Fsp3) is 0.684. The summed E-state index contributed by atoms with van der Waals surface area (Å²) in [5.41, 5.74) is 9.19. The number of aryl methyl sites for hydroxylation is 1. The molecule has 2 nitrogen and oxygen atoms in total. The Hall–Kier alpha value is -0.860. The number of likely N-dealkylation sites (tertiary alicyclic amines) is 1. The largest absolute Gasteiger partial charge is 0.326 e. The second-order valence-electron chi connectivity index (χ2n) is 7.21. The molecule has 1 aromatic carbocycles. The minimum absolute atomic E-state index is 0.187. The van der Waals surface area contributed by atoms with Crippen LogP contribution in [0.2, 0.25) is 0 Å². The van der Waals surface area contributed by atoms with Gasteiger partial charge in [-0.05, 0) is 57.6 Å². The lowest BCUT2D eigenvalue weighted by molar-refractivity contribution is 0.0178. The summed E-state index contributed by atoms with van der Waals surface area (Å²) >= 11 is 0. The van der Waals surface area contributed by atoms with E-state index in [9.17, 15) is 0 Å². The summed E-state index contributed by atoms with van der Waals surface area (Å²) in [4.78, 5) is 2.76. The molecule has 1 saturated heterocycles. The fourth-order valence-electron chi connectivity index (χ4n) is 4.66. The minimum atomic E-state index is 0.187. The third kappa shape index (κ3) is 3.17. The van der Waals surface area contributed by atoms with Crippen LogP contribution in [0.1, 0.15) is 62.6 Å². The van der Waals surface area contributed by atoms with Crippen molar-refractivity contribution < 1.29 is 0 Å². The van der Waals surface area contributed by atoms with Crippen molar-refractivity contribution in [3.8, 4) is 0 Å². The number of nitrogens with two attached hydrogens (primary N) is 1. The highest BCUT2D eigenvalue weighted by Gasteiger charge is 2.38. The van der Waals surface area contributed by atoms with Crippen LogP contribution in [0.15, 0.2) is 24.3 Å². The standard InChI is InChI=1S/C19H30N2/c1-14-7-5-9-17(13-14)19(15(2)20)21-12-6-10-16-8-3-4-11-18(16)21/h5,7,9,13,15-16,18-19H,3-4,6,8,10-12,20H2,1-2H3. The van der Waals surface area contributed by atoms with E-state index >= 15 is 0 Å². The van der Waals surface area contributed by atoms with E-state index in [1.54, 1.807) is 0 Å². The Labute approximate surface area is 129 Å². The highest BCUT2D eigenvalue weighted by atomic mass is 15.2. The van der Waals surface area contributed by atoms with Crippen LogP contribution < -0.4 is 5.73 Å². The smallest absolute Gasteiger partial charge is 0.0499 e. The molecule has 1 heterocycles. The molecule has 2 aliphatic rings. The zero-order valence-corrected chi connectivity index (χ0v) is 13.6. The molecule has 1 aromatic rings. The van der Waals surface area contributed by atoms with Crippen LogP contribution in [0.4, 0.5) is 0 Å². The van der Waals surface area contributed by atoms with E-state index in [-0.39, 0.29) is 6.04 Å². The fourth-order valence-corrected chi connectivity index (χ4v) is 4.66. The molecule has 2 fully saturated rings. The molecule has 2 heteroatoms. The van der Waals surface area contributed by atoms with Gasteiger partial charge in [-0.25, -0.2) is 0 Å². The van der Waals surface area contributed by atoms with Gasteiger partial charge >= 0.3 is 0 Å². The third-order valence-electron chi connectivity index (χ3n) is 5.53. The van der Waals surface area contributed by atoms with Gasteiger partial charge in [0, 0.05) is 18.1 Å². The molecule has 0 radical (unpaired) electrons. The number of rotatable bonds is 3. The van der Waals surface area contributed by atoms with Crippen molar-refractivity contribution >= 4 is 0 Å². The molecular formula is C19H30N2. The van der Waals surface area contributed by atoms with Crippen molar-refractivity contribution in [2.24, 2.45) is 11.7 Å². The quantitative estimate of drug-likeness (QED) is 0.908. The topological polar surface area (TPSA) is 29.3 Å². The first-order chi connectivity index (χ1) is 10.2. The molecule has 1 saturated carbocycles. The summed E-state index contributed by atoms with van der Waals surface area (Å²) in [6, 6.07) is 10.3. The summed E-state index contributed by atoms with van der Waals surface area (Å²) in [6.45, 7) is 5.59. The number of benzene rings is 1. The van der Waals surface area contributed by atoms with Crippen molar-refractivity contribution in [3.63, 3.8) is 0 Å². The van der Waals surface area contributed by atoms with Crippen molar-refractivity contribution in [3.05, 3.63) is 35.4 Å². The summed E-state index contributed by atoms with van der Waals surface area (Å²) in [6.07, 6.45) is 8.41. The average Bonchev–Trinajstić information content (AvgIpc) is 2.47. The van der Waals surface area contributed by atoms with Crippen molar-refractivity contribution in [2.45, 2.75) is 70.5 Å². The van der Waals surface area contributed by atoms with Gasteiger partial charge in [0.15, 0.2) is 0 Å². The molecule has 3 rings (SSSR count). The van der Waals surface area contributed by atoms with Crippen LogP contribution in [0.5, 0.6) is 0 Å². The van der Waals surface area contributed by atoms with E-state index < -0.39 is 0 Å². The number of hydrogen-bond acceptors (Lipinski definition) is 2. The van der Waals surface area contributed by atoms with Crippen LogP contribution in [0, 0.1) is 12.8 Å². The van der Waals surface area contributed by atoms with Gasteiger partial charge in [-0.1, -0.05) is 42.7 Å². The molecule has 2 N–H and O–H groups in total. The Kier molecular flexibility index (Phi) is 4.66. The summed E-state index contributed by atoms with van der Waals surface area (Å²) in [5, 5.41) is 0. The molecule has 4 unspecified atom stereocenters. The lowest BCUT2D eigenvalue weighted by atomic mass is 9.77. The maximum Gasteiger partial charge on any atom is 0.0499 e. The van der Waals surface area contributed by atoms with Gasteiger partial charge in [-0.15, -0.1) is 0 Å². The maximum atomic E-state index is 6.43. The second kappa shape index (κ2) is 6.50. The number of hydrogen-bond donors (Lipinski definition) is 1. The number of piperidine rings is 1. The SMILES string of the molecule is Cc1cccc(C(C(C)N)N2CCCC3CCCCC32)c1. The monoisotopic (exact) mass is 286 g/mol. The van der Waals surface area contributed by atoms with E-state index in [0.29, 0.717) is 6.04 Å². The Morgan fingerprint density at radius 3 is 2.67 bits per heavy atom. The van der Waals surface area contributed by atoms with Gasteiger partial charge in [-0.2, -0.15) is 0 Å². The van der Waals surface area contributed by atoms with Crippen LogP contribution in [0.3, 0.4) is 0 Å². The molecule has 1 aliphatic heterocycles. The maximum absolute atomic E-state index is 6.43. The van der Waals surface area contributed by atoms with Crippen molar-refractivity contribution in [1.29, 1.82) is 0 Å². The van der Waals surface area contributed by atoms with Gasteiger partial charge in [-0.3, -0.25) is 4.90 Å². The van der Waals surface area contributed by atoms with Gasteiger partial charge < -0.3 is 5.73 Å². The molecule has 4 atom stereocenters. The average molecular weight is 286 g/mol. The first kappa shape index (κ1) is 15.1. The lowest BCUT2D eigenvalue weighted by Crippen LogP contribution is -2.52. The minimum Gasteiger partial charge on any atom is -0.326 e. The van der Waals surface area contributed by atoms with E-state index in [0.717, 1.165) is 12.0 Å². The number of fused-ring (bicyclic) bond motifs is 1. The molecular weight excluding hydrogens is 256 g/mol. The molecule has 0 bridgehead atoms.